The number of aromatic nitrogens is 1. The summed E-state index contributed by atoms with van der Waals surface area (Å²) in [4.78, 5) is 14.2. The molecule has 2 atom stereocenters. The van der Waals surface area contributed by atoms with Crippen LogP contribution in [0.3, 0.4) is 0 Å². The van der Waals surface area contributed by atoms with E-state index in [0.717, 1.165) is 19.4 Å². The Labute approximate surface area is 99.6 Å². The van der Waals surface area contributed by atoms with Crippen molar-refractivity contribution < 1.29 is 4.92 Å². The summed E-state index contributed by atoms with van der Waals surface area (Å²) in [5, 5.41) is 17.4. The van der Waals surface area contributed by atoms with Crippen LogP contribution >= 0.6 is 0 Å². The highest BCUT2D eigenvalue weighted by Gasteiger charge is 2.21. The first-order valence-corrected chi connectivity index (χ1v) is 5.75. The third kappa shape index (κ3) is 2.91. The summed E-state index contributed by atoms with van der Waals surface area (Å²) < 4.78 is 0. The fourth-order valence-corrected chi connectivity index (χ4v) is 2.14. The highest BCUT2D eigenvalue weighted by molar-refractivity contribution is 5.60. The quantitative estimate of drug-likeness (QED) is 0.614. The standard InChI is InChI=1S/C11H16N4O2/c1-8-6-9(2-5-13-8)14-10-3-4-12-7-11(10)15(16)17/h3-4,7-9,13H,2,5-6H2,1H3,(H,12,14). The molecule has 17 heavy (non-hydrogen) atoms. The summed E-state index contributed by atoms with van der Waals surface area (Å²) in [5.74, 6) is 0. The second-order valence-electron chi connectivity index (χ2n) is 4.37. The number of nitro groups is 1. The van der Waals surface area contributed by atoms with Gasteiger partial charge in [-0.1, -0.05) is 0 Å². The van der Waals surface area contributed by atoms with Gasteiger partial charge in [-0.15, -0.1) is 0 Å². The van der Waals surface area contributed by atoms with Gasteiger partial charge in [-0.25, -0.2) is 0 Å². The van der Waals surface area contributed by atoms with Crippen LogP contribution in [0.15, 0.2) is 18.5 Å². The van der Waals surface area contributed by atoms with Gasteiger partial charge in [0.05, 0.1) is 4.92 Å². The van der Waals surface area contributed by atoms with Crippen molar-refractivity contribution in [3.05, 3.63) is 28.6 Å². The lowest BCUT2D eigenvalue weighted by molar-refractivity contribution is -0.384. The van der Waals surface area contributed by atoms with Gasteiger partial charge in [0.25, 0.3) is 0 Å². The molecule has 2 unspecified atom stereocenters. The highest BCUT2D eigenvalue weighted by atomic mass is 16.6. The molecule has 0 saturated carbocycles. The van der Waals surface area contributed by atoms with Gasteiger partial charge < -0.3 is 10.6 Å². The molecule has 1 aliphatic heterocycles. The maximum absolute atomic E-state index is 10.8. The van der Waals surface area contributed by atoms with E-state index in [-0.39, 0.29) is 11.7 Å². The van der Waals surface area contributed by atoms with E-state index in [0.29, 0.717) is 11.7 Å². The van der Waals surface area contributed by atoms with Crippen molar-refractivity contribution in [3.63, 3.8) is 0 Å². The molecule has 0 bridgehead atoms. The fourth-order valence-electron chi connectivity index (χ4n) is 2.14. The van der Waals surface area contributed by atoms with E-state index < -0.39 is 4.92 Å². The van der Waals surface area contributed by atoms with Crippen molar-refractivity contribution in [1.82, 2.24) is 10.3 Å². The van der Waals surface area contributed by atoms with Gasteiger partial charge in [0, 0.05) is 18.3 Å². The van der Waals surface area contributed by atoms with Crippen molar-refractivity contribution in [2.45, 2.75) is 31.8 Å². The van der Waals surface area contributed by atoms with Gasteiger partial charge in [0.1, 0.15) is 11.9 Å². The third-order valence-electron chi connectivity index (χ3n) is 2.98. The van der Waals surface area contributed by atoms with E-state index in [1.807, 2.05) is 0 Å². The zero-order chi connectivity index (χ0) is 12.3. The average molecular weight is 236 g/mol. The summed E-state index contributed by atoms with van der Waals surface area (Å²) in [6.07, 6.45) is 4.80. The normalized spacial score (nSPS) is 24.3. The zero-order valence-corrected chi connectivity index (χ0v) is 9.72. The van der Waals surface area contributed by atoms with Gasteiger partial charge in [-0.2, -0.15) is 0 Å². The Balaban J connectivity index is 2.10. The van der Waals surface area contributed by atoms with Crippen molar-refractivity contribution in [2.75, 3.05) is 11.9 Å². The summed E-state index contributed by atoms with van der Waals surface area (Å²) >= 11 is 0. The lowest BCUT2D eigenvalue weighted by Crippen LogP contribution is -2.41. The van der Waals surface area contributed by atoms with Crippen LogP contribution in [0.1, 0.15) is 19.8 Å². The van der Waals surface area contributed by atoms with Crippen molar-refractivity contribution >= 4 is 11.4 Å². The van der Waals surface area contributed by atoms with Gasteiger partial charge >= 0.3 is 5.69 Å². The summed E-state index contributed by atoms with van der Waals surface area (Å²) in [6.45, 7) is 3.06. The van der Waals surface area contributed by atoms with Crippen LogP contribution in [-0.4, -0.2) is 28.5 Å². The number of pyridine rings is 1. The average Bonchev–Trinajstić information content (AvgIpc) is 2.29. The SMILES string of the molecule is CC1CC(Nc2ccncc2[N+](=O)[O-])CCN1. The minimum Gasteiger partial charge on any atom is -0.377 e. The van der Waals surface area contributed by atoms with E-state index in [1.54, 1.807) is 12.3 Å². The maximum atomic E-state index is 10.8. The van der Waals surface area contributed by atoms with E-state index in [2.05, 4.69) is 22.5 Å². The predicted octanol–water partition coefficient (Wildman–Crippen LogP) is 1.54. The Bertz CT molecular complexity index is 410. The van der Waals surface area contributed by atoms with Crippen molar-refractivity contribution in [2.24, 2.45) is 0 Å². The second-order valence-corrected chi connectivity index (χ2v) is 4.37. The Morgan fingerprint density at radius 1 is 1.65 bits per heavy atom. The first kappa shape index (κ1) is 11.8. The Hall–Kier alpha value is -1.69. The third-order valence-corrected chi connectivity index (χ3v) is 2.98. The number of anilines is 1. The van der Waals surface area contributed by atoms with Crippen LogP contribution in [0.4, 0.5) is 11.4 Å². The molecule has 0 amide bonds. The van der Waals surface area contributed by atoms with Gasteiger partial charge in [-0.3, -0.25) is 15.1 Å². The molecule has 1 aliphatic rings. The minimum atomic E-state index is -0.403. The Morgan fingerprint density at radius 3 is 3.18 bits per heavy atom. The second kappa shape index (κ2) is 5.09. The largest absolute Gasteiger partial charge is 0.377 e. The molecule has 92 valence electrons. The number of nitrogens with one attached hydrogen (secondary N) is 2. The number of nitrogens with zero attached hydrogens (tertiary/aromatic N) is 2. The molecular weight excluding hydrogens is 220 g/mol. The van der Waals surface area contributed by atoms with Crippen molar-refractivity contribution in [1.29, 1.82) is 0 Å². The molecule has 2 N–H and O–H groups in total. The van der Waals surface area contributed by atoms with E-state index >= 15 is 0 Å². The van der Waals surface area contributed by atoms with Crippen LogP contribution in [0.5, 0.6) is 0 Å². The topological polar surface area (TPSA) is 80.1 Å². The van der Waals surface area contributed by atoms with Crippen LogP contribution < -0.4 is 10.6 Å². The van der Waals surface area contributed by atoms with Crippen LogP contribution in [0.2, 0.25) is 0 Å². The van der Waals surface area contributed by atoms with Crippen LogP contribution in [-0.2, 0) is 0 Å². The summed E-state index contributed by atoms with van der Waals surface area (Å²) in [7, 11) is 0. The molecule has 0 aliphatic carbocycles. The van der Waals surface area contributed by atoms with Gasteiger partial charge in [-0.05, 0) is 32.4 Å². The molecule has 2 heterocycles. The molecule has 1 aromatic heterocycles. The van der Waals surface area contributed by atoms with E-state index in [4.69, 9.17) is 0 Å². The molecule has 1 aromatic rings. The molecule has 6 nitrogen and oxygen atoms in total. The monoisotopic (exact) mass is 236 g/mol. The molecule has 1 fully saturated rings. The Morgan fingerprint density at radius 2 is 2.47 bits per heavy atom. The lowest BCUT2D eigenvalue weighted by Gasteiger charge is -2.29. The first-order chi connectivity index (χ1) is 8.16. The summed E-state index contributed by atoms with van der Waals surface area (Å²) in [5.41, 5.74) is 0.600. The van der Waals surface area contributed by atoms with Crippen LogP contribution in [0.25, 0.3) is 0 Å². The smallest absolute Gasteiger partial charge is 0.310 e. The molecule has 2 rings (SSSR count). The molecule has 0 spiro atoms. The van der Waals surface area contributed by atoms with Gasteiger partial charge in [0.2, 0.25) is 0 Å². The number of rotatable bonds is 3. The number of piperidine rings is 1. The molecular formula is C11H16N4O2. The Kier molecular flexibility index (Phi) is 3.53. The highest BCUT2D eigenvalue weighted by Crippen LogP contribution is 2.24. The first-order valence-electron chi connectivity index (χ1n) is 5.75. The zero-order valence-electron chi connectivity index (χ0n) is 9.72. The molecule has 1 saturated heterocycles. The number of hydrogen-bond donors (Lipinski definition) is 2. The molecule has 0 radical (unpaired) electrons. The van der Waals surface area contributed by atoms with E-state index in [9.17, 15) is 10.1 Å². The van der Waals surface area contributed by atoms with E-state index in [1.165, 1.54) is 6.20 Å². The number of hydrogen-bond acceptors (Lipinski definition) is 5. The molecule has 6 heteroatoms. The van der Waals surface area contributed by atoms with Gasteiger partial charge in [0.15, 0.2) is 0 Å². The molecule has 0 aromatic carbocycles. The predicted molar refractivity (Wildman–Crippen MR) is 65.0 cm³/mol. The van der Waals surface area contributed by atoms with Crippen LogP contribution in [0, 0.1) is 10.1 Å². The minimum absolute atomic E-state index is 0.0404. The maximum Gasteiger partial charge on any atom is 0.310 e. The lowest BCUT2D eigenvalue weighted by atomic mass is 10.0. The fraction of sp³-hybridized carbons (Fsp3) is 0.545. The van der Waals surface area contributed by atoms with Crippen molar-refractivity contribution in [3.8, 4) is 0 Å². The summed E-state index contributed by atoms with van der Waals surface area (Å²) in [6, 6.07) is 2.39.